The Hall–Kier alpha value is -2.75. The number of hydrazine groups is 1. The highest BCUT2D eigenvalue weighted by Gasteiger charge is 2.14. The summed E-state index contributed by atoms with van der Waals surface area (Å²) >= 11 is 0.875. The van der Waals surface area contributed by atoms with Crippen molar-refractivity contribution in [3.8, 4) is 5.88 Å². The molecule has 0 saturated carbocycles. The van der Waals surface area contributed by atoms with E-state index in [0.29, 0.717) is 5.88 Å². The van der Waals surface area contributed by atoms with E-state index in [1.807, 2.05) is 0 Å². The standard InChI is InChI=1S/C10H9N5O4S/c1-19-7-2-3-11-10(12-7)14-13-9(16)6-4-8(15(17)18)20-5-6/h2-5H,1H3,(H,13,16)(H,11,12,14). The monoisotopic (exact) mass is 295 g/mol. The Morgan fingerprint density at radius 2 is 2.35 bits per heavy atom. The minimum absolute atomic E-state index is 0.104. The second-order valence-corrected chi connectivity index (χ2v) is 4.32. The number of nitro groups is 1. The van der Waals surface area contributed by atoms with Crippen LogP contribution in [0.3, 0.4) is 0 Å². The first-order valence-corrected chi connectivity index (χ1v) is 6.14. The highest BCUT2D eigenvalue weighted by molar-refractivity contribution is 7.13. The van der Waals surface area contributed by atoms with E-state index in [1.165, 1.54) is 24.8 Å². The summed E-state index contributed by atoms with van der Waals surface area (Å²) in [6, 6.07) is 2.74. The summed E-state index contributed by atoms with van der Waals surface area (Å²) in [5.74, 6) is -0.0499. The Bertz CT molecular complexity index is 644. The van der Waals surface area contributed by atoms with E-state index in [2.05, 4.69) is 20.8 Å². The van der Waals surface area contributed by atoms with Crippen molar-refractivity contribution >= 4 is 28.2 Å². The summed E-state index contributed by atoms with van der Waals surface area (Å²) in [6.07, 6.45) is 1.45. The Morgan fingerprint density at radius 1 is 1.55 bits per heavy atom. The minimum atomic E-state index is -0.556. The Balaban J connectivity index is 1.98. The van der Waals surface area contributed by atoms with Gasteiger partial charge in [0.15, 0.2) is 0 Å². The van der Waals surface area contributed by atoms with Crippen LogP contribution in [0.1, 0.15) is 10.4 Å². The van der Waals surface area contributed by atoms with Gasteiger partial charge in [0.2, 0.25) is 11.8 Å². The number of carbonyl (C=O) groups excluding carboxylic acids is 1. The minimum Gasteiger partial charge on any atom is -0.481 e. The topological polar surface area (TPSA) is 119 Å². The lowest BCUT2D eigenvalue weighted by Gasteiger charge is -2.06. The molecule has 2 heterocycles. The number of methoxy groups -OCH3 is 1. The largest absolute Gasteiger partial charge is 0.481 e. The first-order valence-electron chi connectivity index (χ1n) is 5.26. The van der Waals surface area contributed by atoms with E-state index < -0.39 is 10.8 Å². The van der Waals surface area contributed by atoms with E-state index in [4.69, 9.17) is 4.74 Å². The van der Waals surface area contributed by atoms with Gasteiger partial charge < -0.3 is 4.74 Å². The third kappa shape index (κ3) is 3.17. The van der Waals surface area contributed by atoms with Crippen molar-refractivity contribution in [3.05, 3.63) is 39.4 Å². The van der Waals surface area contributed by atoms with Crippen LogP contribution in [0.25, 0.3) is 0 Å². The van der Waals surface area contributed by atoms with Crippen molar-refractivity contribution in [2.75, 3.05) is 12.5 Å². The molecule has 0 fully saturated rings. The SMILES string of the molecule is COc1ccnc(NNC(=O)c2csc([N+](=O)[O-])c2)n1. The quantitative estimate of drug-likeness (QED) is 0.628. The fourth-order valence-corrected chi connectivity index (χ4v) is 1.94. The maximum atomic E-state index is 11.7. The third-order valence-electron chi connectivity index (χ3n) is 2.15. The molecular formula is C10H9N5O4S. The van der Waals surface area contributed by atoms with Gasteiger partial charge in [-0.3, -0.25) is 25.8 Å². The number of hydrogen-bond acceptors (Lipinski definition) is 8. The molecule has 1 amide bonds. The Kier molecular flexibility index (Phi) is 4.05. The van der Waals surface area contributed by atoms with Gasteiger partial charge in [0, 0.05) is 23.7 Å². The highest BCUT2D eigenvalue weighted by atomic mass is 32.1. The lowest BCUT2D eigenvalue weighted by atomic mass is 10.3. The molecule has 0 spiro atoms. The zero-order chi connectivity index (χ0) is 14.5. The molecule has 10 heteroatoms. The number of nitrogens with one attached hydrogen (secondary N) is 2. The summed E-state index contributed by atoms with van der Waals surface area (Å²) in [7, 11) is 1.45. The van der Waals surface area contributed by atoms with Gasteiger partial charge in [-0.05, 0) is 0 Å². The molecule has 0 bridgehead atoms. The second kappa shape index (κ2) is 5.93. The molecular weight excluding hydrogens is 286 g/mol. The number of aromatic nitrogens is 2. The smallest absolute Gasteiger partial charge is 0.324 e. The Labute approximate surface area is 116 Å². The lowest BCUT2D eigenvalue weighted by molar-refractivity contribution is -0.380. The number of hydrogen-bond donors (Lipinski definition) is 2. The van der Waals surface area contributed by atoms with Crippen molar-refractivity contribution in [2.45, 2.75) is 0 Å². The molecule has 0 aliphatic rings. The van der Waals surface area contributed by atoms with E-state index in [9.17, 15) is 14.9 Å². The van der Waals surface area contributed by atoms with Crippen LogP contribution in [0.2, 0.25) is 0 Å². The first kappa shape index (κ1) is 13.7. The molecule has 2 aromatic rings. The molecule has 2 N–H and O–H groups in total. The normalized spacial score (nSPS) is 9.85. The van der Waals surface area contributed by atoms with Crippen LogP contribution in [0.15, 0.2) is 23.7 Å². The van der Waals surface area contributed by atoms with Gasteiger partial charge in [-0.15, -0.1) is 0 Å². The zero-order valence-corrected chi connectivity index (χ0v) is 11.0. The van der Waals surface area contributed by atoms with Gasteiger partial charge in [-0.25, -0.2) is 4.98 Å². The van der Waals surface area contributed by atoms with E-state index in [1.54, 1.807) is 6.07 Å². The molecule has 0 radical (unpaired) electrons. The molecule has 9 nitrogen and oxygen atoms in total. The molecule has 2 rings (SSSR count). The summed E-state index contributed by atoms with van der Waals surface area (Å²) in [5.41, 5.74) is 5.00. The fourth-order valence-electron chi connectivity index (χ4n) is 1.24. The van der Waals surface area contributed by atoms with Crippen molar-refractivity contribution in [2.24, 2.45) is 0 Å². The number of ether oxygens (including phenoxy) is 1. The lowest BCUT2D eigenvalue weighted by Crippen LogP contribution is -2.29. The van der Waals surface area contributed by atoms with Crippen LogP contribution in [0.4, 0.5) is 10.9 Å². The first-order chi connectivity index (χ1) is 9.60. The van der Waals surface area contributed by atoms with Crippen LogP contribution in [-0.4, -0.2) is 27.9 Å². The van der Waals surface area contributed by atoms with Crippen molar-refractivity contribution in [1.29, 1.82) is 0 Å². The molecule has 0 atom stereocenters. The summed E-state index contributed by atoms with van der Waals surface area (Å²) in [4.78, 5) is 29.5. The van der Waals surface area contributed by atoms with Crippen LogP contribution in [0.5, 0.6) is 5.88 Å². The number of anilines is 1. The van der Waals surface area contributed by atoms with Crippen LogP contribution in [-0.2, 0) is 0 Å². The maximum absolute atomic E-state index is 11.7. The third-order valence-corrected chi connectivity index (χ3v) is 3.03. The maximum Gasteiger partial charge on any atom is 0.324 e. The van der Waals surface area contributed by atoms with Gasteiger partial charge in [0.1, 0.15) is 0 Å². The van der Waals surface area contributed by atoms with Gasteiger partial charge in [0.25, 0.3) is 5.91 Å². The molecule has 0 unspecified atom stereocenters. The number of amides is 1. The van der Waals surface area contributed by atoms with Crippen molar-refractivity contribution in [3.63, 3.8) is 0 Å². The average Bonchev–Trinajstić information content (AvgIpc) is 2.95. The molecule has 2 aromatic heterocycles. The second-order valence-electron chi connectivity index (χ2n) is 3.43. The molecule has 0 aromatic carbocycles. The molecule has 104 valence electrons. The predicted octanol–water partition coefficient (Wildman–Crippen LogP) is 1.21. The van der Waals surface area contributed by atoms with Gasteiger partial charge in [0.05, 0.1) is 17.6 Å². The summed E-state index contributed by atoms with van der Waals surface area (Å²) < 4.78 is 4.90. The van der Waals surface area contributed by atoms with Crippen LogP contribution < -0.4 is 15.6 Å². The van der Waals surface area contributed by atoms with Crippen molar-refractivity contribution in [1.82, 2.24) is 15.4 Å². The molecule has 0 saturated heterocycles. The molecule has 20 heavy (non-hydrogen) atoms. The fraction of sp³-hybridized carbons (Fsp3) is 0.100. The van der Waals surface area contributed by atoms with Gasteiger partial charge in [-0.2, -0.15) is 4.98 Å². The number of thiophene rings is 1. The van der Waals surface area contributed by atoms with Gasteiger partial charge >= 0.3 is 5.00 Å². The predicted molar refractivity (Wildman–Crippen MR) is 70.6 cm³/mol. The van der Waals surface area contributed by atoms with E-state index in [-0.39, 0.29) is 16.5 Å². The zero-order valence-electron chi connectivity index (χ0n) is 10.2. The van der Waals surface area contributed by atoms with Crippen LogP contribution >= 0.6 is 11.3 Å². The molecule has 0 aliphatic carbocycles. The Morgan fingerprint density at radius 3 is 3.00 bits per heavy atom. The van der Waals surface area contributed by atoms with E-state index in [0.717, 1.165) is 11.3 Å². The number of carbonyl (C=O) groups is 1. The van der Waals surface area contributed by atoms with Crippen molar-refractivity contribution < 1.29 is 14.5 Å². The summed E-state index contributed by atoms with van der Waals surface area (Å²) in [5, 5.41) is 11.8. The molecule has 0 aliphatic heterocycles. The average molecular weight is 295 g/mol. The van der Waals surface area contributed by atoms with Gasteiger partial charge in [-0.1, -0.05) is 11.3 Å². The summed E-state index contributed by atoms with van der Waals surface area (Å²) in [6.45, 7) is 0. The number of nitrogens with zero attached hydrogens (tertiary/aromatic N) is 3. The highest BCUT2D eigenvalue weighted by Crippen LogP contribution is 2.22. The number of rotatable bonds is 5. The van der Waals surface area contributed by atoms with Crippen LogP contribution in [0, 0.1) is 10.1 Å². The van der Waals surface area contributed by atoms with E-state index >= 15 is 0 Å².